The molecule has 1 heterocycles. The minimum atomic E-state index is -0.308. The summed E-state index contributed by atoms with van der Waals surface area (Å²) in [6.07, 6.45) is 1.63. The van der Waals surface area contributed by atoms with Crippen LogP contribution in [0.15, 0.2) is 30.3 Å². The number of carbonyl (C=O) groups is 1. The zero-order valence-corrected chi connectivity index (χ0v) is 11.5. The van der Waals surface area contributed by atoms with Crippen LogP contribution in [-0.2, 0) is 20.6 Å². The number of benzene rings is 1. The van der Waals surface area contributed by atoms with Crippen LogP contribution >= 0.6 is 0 Å². The second-order valence-electron chi connectivity index (χ2n) is 5.09. The Labute approximate surface area is 120 Å². The minimum Gasteiger partial charge on any atom is -0.558 e. The van der Waals surface area contributed by atoms with Gasteiger partial charge < -0.3 is 9.39 Å². The molecule has 1 aliphatic rings. The number of carbonyl (C=O) groups excluding carboxylic acids is 1. The number of cyclic esters (lactones) is 1. The number of nitrogens with one attached hydrogen (secondary N) is 1. The third kappa shape index (κ3) is 3.21. The fourth-order valence-electron chi connectivity index (χ4n) is 2.69. The molecule has 1 aromatic rings. The monoisotopic (exact) mass is 271 g/mol. The van der Waals surface area contributed by atoms with Crippen LogP contribution in [0.2, 0.25) is 0 Å². The molecule has 20 heavy (non-hydrogen) atoms. The molecule has 1 saturated heterocycles. The van der Waals surface area contributed by atoms with Gasteiger partial charge in [-0.25, -0.2) is 0 Å². The Hall–Kier alpha value is -1.78. The molecule has 4 nitrogen and oxygen atoms in total. The second kappa shape index (κ2) is 6.59. The average molecular weight is 271 g/mol. The normalized spacial score (nSPS) is 23.1. The lowest BCUT2D eigenvalue weighted by Crippen LogP contribution is -2.28. The van der Waals surface area contributed by atoms with Crippen LogP contribution < -0.4 is 0 Å². The van der Waals surface area contributed by atoms with Crippen molar-refractivity contribution >= 4 is 19.9 Å². The Balaban J connectivity index is 2.01. The van der Waals surface area contributed by atoms with Gasteiger partial charge in [0.1, 0.15) is 6.10 Å². The molecule has 3 atom stereocenters. The van der Waals surface area contributed by atoms with Crippen LogP contribution in [0.3, 0.4) is 0 Å². The zero-order valence-electron chi connectivity index (χ0n) is 11.5. The first kappa shape index (κ1) is 14.6. The molecule has 0 saturated carbocycles. The van der Waals surface area contributed by atoms with Gasteiger partial charge in [-0.3, -0.25) is 10.2 Å². The van der Waals surface area contributed by atoms with E-state index in [1.807, 2.05) is 37.3 Å². The Morgan fingerprint density at radius 1 is 1.50 bits per heavy atom. The summed E-state index contributed by atoms with van der Waals surface area (Å²) in [4.78, 5) is 12.0. The van der Waals surface area contributed by atoms with E-state index in [-0.39, 0.29) is 29.8 Å². The van der Waals surface area contributed by atoms with Crippen LogP contribution in [0.4, 0.5) is 0 Å². The maximum absolute atomic E-state index is 12.0. The predicted molar refractivity (Wildman–Crippen MR) is 76.5 cm³/mol. The topological polar surface area (TPSA) is 59.4 Å². The maximum atomic E-state index is 12.0. The van der Waals surface area contributed by atoms with Gasteiger partial charge in [-0.2, -0.15) is 0 Å². The van der Waals surface area contributed by atoms with Crippen molar-refractivity contribution in [2.24, 2.45) is 11.8 Å². The quantitative estimate of drug-likeness (QED) is 0.387. The summed E-state index contributed by atoms with van der Waals surface area (Å²) < 4.78 is 9.90. The van der Waals surface area contributed by atoms with E-state index in [1.54, 1.807) is 0 Å². The van der Waals surface area contributed by atoms with E-state index in [1.165, 1.54) is 0 Å². The molecule has 2 radical (unpaired) electrons. The SMILES string of the molecule is [B]OC(=N)C(CC)[C@@H]1CC(Cc2ccccc2)C(=O)O1. The summed E-state index contributed by atoms with van der Waals surface area (Å²) in [5.74, 6) is -0.625. The Bertz CT molecular complexity index is 477. The second-order valence-corrected chi connectivity index (χ2v) is 5.09. The number of esters is 1. The lowest BCUT2D eigenvalue weighted by atomic mass is 9.90. The van der Waals surface area contributed by atoms with Crippen molar-refractivity contribution in [3.05, 3.63) is 35.9 Å². The zero-order chi connectivity index (χ0) is 14.5. The highest BCUT2D eigenvalue weighted by molar-refractivity contribution is 6.06. The molecule has 0 spiro atoms. The third-order valence-electron chi connectivity index (χ3n) is 3.79. The molecule has 0 bridgehead atoms. The van der Waals surface area contributed by atoms with Gasteiger partial charge in [-0.05, 0) is 24.8 Å². The molecule has 1 aliphatic heterocycles. The van der Waals surface area contributed by atoms with Gasteiger partial charge in [0.25, 0.3) is 0 Å². The summed E-state index contributed by atoms with van der Waals surface area (Å²) >= 11 is 0. The van der Waals surface area contributed by atoms with Crippen molar-refractivity contribution < 1.29 is 14.2 Å². The van der Waals surface area contributed by atoms with Crippen molar-refractivity contribution in [2.45, 2.75) is 32.3 Å². The number of ether oxygens (including phenoxy) is 1. The Kier molecular flexibility index (Phi) is 4.82. The molecular weight excluding hydrogens is 253 g/mol. The molecule has 1 N–H and O–H groups in total. The lowest BCUT2D eigenvalue weighted by Gasteiger charge is -2.20. The lowest BCUT2D eigenvalue weighted by molar-refractivity contribution is -0.145. The number of hydrogen-bond acceptors (Lipinski definition) is 4. The van der Waals surface area contributed by atoms with Gasteiger partial charge in [-0.1, -0.05) is 37.3 Å². The first-order valence-corrected chi connectivity index (χ1v) is 6.85. The van der Waals surface area contributed by atoms with Gasteiger partial charge >= 0.3 is 14.0 Å². The summed E-state index contributed by atoms with van der Waals surface area (Å²) in [6, 6.07) is 9.87. The molecule has 2 unspecified atom stereocenters. The van der Waals surface area contributed by atoms with Gasteiger partial charge in [0, 0.05) is 0 Å². The van der Waals surface area contributed by atoms with Crippen LogP contribution in [0.1, 0.15) is 25.3 Å². The molecule has 1 aromatic carbocycles. The predicted octanol–water partition coefficient (Wildman–Crippen LogP) is 2.26. The molecule has 2 rings (SSSR count). The van der Waals surface area contributed by atoms with Crippen molar-refractivity contribution in [3.63, 3.8) is 0 Å². The van der Waals surface area contributed by atoms with Crippen molar-refractivity contribution in [2.75, 3.05) is 0 Å². The van der Waals surface area contributed by atoms with Gasteiger partial charge in [0.05, 0.1) is 11.8 Å². The van der Waals surface area contributed by atoms with Crippen LogP contribution in [0, 0.1) is 17.2 Å². The largest absolute Gasteiger partial charge is 0.558 e. The molecule has 0 aliphatic carbocycles. The first-order valence-electron chi connectivity index (χ1n) is 6.85. The van der Waals surface area contributed by atoms with E-state index in [9.17, 15) is 4.79 Å². The highest BCUT2D eigenvalue weighted by atomic mass is 16.6. The summed E-state index contributed by atoms with van der Waals surface area (Å²) in [5.41, 5.74) is 1.12. The summed E-state index contributed by atoms with van der Waals surface area (Å²) in [7, 11) is 5.04. The maximum Gasteiger partial charge on any atom is 0.375 e. The van der Waals surface area contributed by atoms with Crippen molar-refractivity contribution in [1.29, 1.82) is 5.41 Å². The van der Waals surface area contributed by atoms with Crippen LogP contribution in [0.25, 0.3) is 0 Å². The van der Waals surface area contributed by atoms with Gasteiger partial charge in [0.2, 0.25) is 0 Å². The Morgan fingerprint density at radius 2 is 2.20 bits per heavy atom. The van der Waals surface area contributed by atoms with Crippen molar-refractivity contribution in [1.82, 2.24) is 0 Å². The third-order valence-corrected chi connectivity index (χ3v) is 3.79. The fraction of sp³-hybridized carbons (Fsp3) is 0.467. The number of rotatable bonds is 5. The molecule has 0 amide bonds. The highest BCUT2D eigenvalue weighted by Gasteiger charge is 2.39. The van der Waals surface area contributed by atoms with E-state index in [2.05, 4.69) is 4.65 Å². The summed E-state index contributed by atoms with van der Waals surface area (Å²) in [6.45, 7) is 1.93. The highest BCUT2D eigenvalue weighted by Crippen LogP contribution is 2.31. The molecule has 104 valence electrons. The Morgan fingerprint density at radius 3 is 2.80 bits per heavy atom. The molecule has 0 aromatic heterocycles. The van der Waals surface area contributed by atoms with E-state index < -0.39 is 0 Å². The van der Waals surface area contributed by atoms with Crippen molar-refractivity contribution in [3.8, 4) is 0 Å². The van der Waals surface area contributed by atoms with Gasteiger partial charge in [-0.15, -0.1) is 0 Å². The summed E-state index contributed by atoms with van der Waals surface area (Å²) in [5, 5.41) is 7.67. The standard InChI is InChI=1S/C15H18BNO3/c1-2-12(14(17)20-16)13-9-11(15(18)19-13)8-10-6-4-3-5-7-10/h3-7,11-13,17H,2,8-9H2,1H3/t11?,12?,13-/m0/s1. The van der Waals surface area contributed by atoms with E-state index in [0.29, 0.717) is 19.3 Å². The van der Waals surface area contributed by atoms with Crippen LogP contribution in [0.5, 0.6) is 0 Å². The average Bonchev–Trinajstić information content (AvgIpc) is 2.81. The smallest absolute Gasteiger partial charge is 0.375 e. The minimum absolute atomic E-state index is 0.0225. The fourth-order valence-corrected chi connectivity index (χ4v) is 2.69. The number of hydrogen-bond donors (Lipinski definition) is 1. The molecule has 1 fully saturated rings. The molecular formula is C15H18BNO3. The van der Waals surface area contributed by atoms with E-state index in [0.717, 1.165) is 5.56 Å². The van der Waals surface area contributed by atoms with Gasteiger partial charge in [0.15, 0.2) is 5.90 Å². The van der Waals surface area contributed by atoms with E-state index in [4.69, 9.17) is 18.2 Å². The van der Waals surface area contributed by atoms with Crippen LogP contribution in [-0.4, -0.2) is 26.0 Å². The molecule has 5 heteroatoms. The first-order chi connectivity index (χ1) is 9.65. The van der Waals surface area contributed by atoms with E-state index >= 15 is 0 Å².